The van der Waals surface area contributed by atoms with E-state index in [0.717, 1.165) is 25.5 Å². The van der Waals surface area contributed by atoms with Crippen LogP contribution < -0.4 is 0 Å². The lowest BCUT2D eigenvalue weighted by molar-refractivity contribution is 0.0334. The molecule has 0 bridgehead atoms. The number of nitrogens with zero attached hydrogens (tertiary/aromatic N) is 1. The van der Waals surface area contributed by atoms with Gasteiger partial charge < -0.3 is 10.0 Å². The van der Waals surface area contributed by atoms with Gasteiger partial charge in [-0.3, -0.25) is 4.18 Å². The molecule has 7 heteroatoms. The summed E-state index contributed by atoms with van der Waals surface area (Å²) >= 11 is 0. The summed E-state index contributed by atoms with van der Waals surface area (Å²) in [5, 5.41) is 8.86. The second-order valence-electron chi connectivity index (χ2n) is 5.22. The van der Waals surface area contributed by atoms with E-state index in [0.29, 0.717) is 13.1 Å². The van der Waals surface area contributed by atoms with Crippen LogP contribution in [0.3, 0.4) is 0 Å². The van der Waals surface area contributed by atoms with Gasteiger partial charge in [-0.2, -0.15) is 8.42 Å². The van der Waals surface area contributed by atoms with Gasteiger partial charge in [0.25, 0.3) is 10.1 Å². The molecular formula is C10H17NO5S. The summed E-state index contributed by atoms with van der Waals surface area (Å²) in [4.78, 5) is 12.2. The molecule has 2 rings (SSSR count). The first-order valence-electron chi connectivity index (χ1n) is 5.62. The molecule has 0 atom stereocenters. The van der Waals surface area contributed by atoms with Gasteiger partial charge in [0.2, 0.25) is 0 Å². The maximum absolute atomic E-state index is 10.8. The normalized spacial score (nSPS) is 32.8. The molecule has 0 aromatic rings. The lowest BCUT2D eigenvalue weighted by atomic mass is 9.62. The number of hydrogen-bond acceptors (Lipinski definition) is 4. The van der Waals surface area contributed by atoms with E-state index in [1.165, 1.54) is 4.90 Å². The predicted octanol–water partition coefficient (Wildman–Crippen LogP) is 0.743. The van der Waals surface area contributed by atoms with E-state index in [4.69, 9.17) is 9.29 Å². The average Bonchev–Trinajstić information content (AvgIpc) is 2.56. The number of carboxylic acid groups (broad SMARTS) is 1. The Labute approximate surface area is 101 Å². The summed E-state index contributed by atoms with van der Waals surface area (Å²) in [7, 11) is -3.36. The molecule has 1 aliphatic heterocycles. The number of rotatable bonds is 3. The van der Waals surface area contributed by atoms with E-state index >= 15 is 0 Å². The van der Waals surface area contributed by atoms with Crippen molar-refractivity contribution in [1.82, 2.24) is 4.90 Å². The number of hydrogen-bond donors (Lipinski definition) is 1. The molecule has 1 saturated carbocycles. The van der Waals surface area contributed by atoms with Crippen LogP contribution in [0.5, 0.6) is 0 Å². The van der Waals surface area contributed by atoms with Crippen LogP contribution in [0.25, 0.3) is 0 Å². The molecule has 0 aromatic carbocycles. The third-order valence-electron chi connectivity index (χ3n) is 3.67. The standard InChI is InChI=1S/C10H17NO5S/c1-17(14,15)16-6-8-4-10(5-8)2-3-11(7-10)9(12)13/h8H,2-7H2,1H3,(H,12,13). The van der Waals surface area contributed by atoms with Crippen LogP contribution in [0, 0.1) is 11.3 Å². The van der Waals surface area contributed by atoms with E-state index < -0.39 is 16.2 Å². The van der Waals surface area contributed by atoms with Crippen LogP contribution in [-0.4, -0.2) is 50.5 Å². The van der Waals surface area contributed by atoms with Crippen molar-refractivity contribution in [2.75, 3.05) is 26.0 Å². The fourth-order valence-corrected chi connectivity index (χ4v) is 3.37. The Morgan fingerprint density at radius 2 is 2.18 bits per heavy atom. The van der Waals surface area contributed by atoms with Crippen molar-refractivity contribution >= 4 is 16.2 Å². The van der Waals surface area contributed by atoms with Crippen molar-refractivity contribution in [3.63, 3.8) is 0 Å². The summed E-state index contributed by atoms with van der Waals surface area (Å²) in [5.74, 6) is 0.249. The molecule has 2 aliphatic rings. The summed E-state index contributed by atoms with van der Waals surface area (Å²) in [5.41, 5.74) is 0.0872. The molecule has 1 aliphatic carbocycles. The lowest BCUT2D eigenvalue weighted by Crippen LogP contribution is -2.42. The monoisotopic (exact) mass is 263 g/mol. The maximum Gasteiger partial charge on any atom is 0.407 e. The first-order chi connectivity index (χ1) is 7.80. The first-order valence-corrected chi connectivity index (χ1v) is 7.44. The van der Waals surface area contributed by atoms with Crippen molar-refractivity contribution in [3.8, 4) is 0 Å². The maximum atomic E-state index is 10.8. The van der Waals surface area contributed by atoms with Crippen LogP contribution in [0.2, 0.25) is 0 Å². The minimum absolute atomic E-state index is 0.0872. The highest BCUT2D eigenvalue weighted by atomic mass is 32.2. The van der Waals surface area contributed by atoms with Gasteiger partial charge in [-0.15, -0.1) is 0 Å². The van der Waals surface area contributed by atoms with Crippen molar-refractivity contribution in [2.24, 2.45) is 11.3 Å². The Morgan fingerprint density at radius 1 is 1.53 bits per heavy atom. The van der Waals surface area contributed by atoms with Crippen molar-refractivity contribution in [1.29, 1.82) is 0 Å². The van der Waals surface area contributed by atoms with Crippen molar-refractivity contribution in [2.45, 2.75) is 19.3 Å². The van der Waals surface area contributed by atoms with E-state index in [9.17, 15) is 13.2 Å². The molecule has 0 aromatic heterocycles. The molecule has 6 nitrogen and oxygen atoms in total. The van der Waals surface area contributed by atoms with Gasteiger partial charge in [0, 0.05) is 13.1 Å². The number of carbonyl (C=O) groups is 1. The molecule has 1 spiro atoms. The molecule has 1 saturated heterocycles. The topological polar surface area (TPSA) is 83.9 Å². The summed E-state index contributed by atoms with van der Waals surface area (Å²) < 4.78 is 26.4. The zero-order valence-electron chi connectivity index (χ0n) is 9.76. The minimum Gasteiger partial charge on any atom is -0.465 e. The highest BCUT2D eigenvalue weighted by Gasteiger charge is 2.49. The Balaban J connectivity index is 1.77. The third kappa shape index (κ3) is 2.90. The largest absolute Gasteiger partial charge is 0.465 e. The molecule has 98 valence electrons. The van der Waals surface area contributed by atoms with Gasteiger partial charge in [0.1, 0.15) is 0 Å². The number of amides is 1. The molecule has 1 heterocycles. The Morgan fingerprint density at radius 3 is 2.65 bits per heavy atom. The fraction of sp³-hybridized carbons (Fsp3) is 0.900. The van der Waals surface area contributed by atoms with Gasteiger partial charge in [-0.1, -0.05) is 0 Å². The Hall–Kier alpha value is -0.820. The lowest BCUT2D eigenvalue weighted by Gasteiger charge is -2.44. The Kier molecular flexibility index (Phi) is 3.07. The van der Waals surface area contributed by atoms with Crippen molar-refractivity contribution < 1.29 is 22.5 Å². The van der Waals surface area contributed by atoms with Crippen LogP contribution >= 0.6 is 0 Å². The second kappa shape index (κ2) is 4.13. The summed E-state index contributed by atoms with van der Waals surface area (Å²) in [6.45, 7) is 1.40. The van der Waals surface area contributed by atoms with Crippen LogP contribution in [0.15, 0.2) is 0 Å². The van der Waals surface area contributed by atoms with E-state index in [1.807, 2.05) is 0 Å². The second-order valence-corrected chi connectivity index (χ2v) is 6.86. The molecule has 2 fully saturated rings. The van der Waals surface area contributed by atoms with Crippen LogP contribution in [-0.2, 0) is 14.3 Å². The zero-order chi connectivity index (χ0) is 12.7. The predicted molar refractivity (Wildman–Crippen MR) is 60.2 cm³/mol. The van der Waals surface area contributed by atoms with Crippen LogP contribution in [0.4, 0.5) is 4.79 Å². The van der Waals surface area contributed by atoms with Gasteiger partial charge in [-0.25, -0.2) is 4.79 Å². The van der Waals surface area contributed by atoms with Gasteiger partial charge in [0.15, 0.2) is 0 Å². The van der Waals surface area contributed by atoms with Crippen LogP contribution in [0.1, 0.15) is 19.3 Å². The minimum atomic E-state index is -3.36. The average molecular weight is 263 g/mol. The number of likely N-dealkylation sites (tertiary alicyclic amines) is 1. The molecule has 0 radical (unpaired) electrons. The quantitative estimate of drug-likeness (QED) is 0.759. The molecule has 17 heavy (non-hydrogen) atoms. The first kappa shape index (κ1) is 12.6. The van der Waals surface area contributed by atoms with E-state index in [-0.39, 0.29) is 17.9 Å². The molecule has 0 unspecified atom stereocenters. The molecule has 1 amide bonds. The van der Waals surface area contributed by atoms with E-state index in [2.05, 4.69) is 0 Å². The smallest absolute Gasteiger partial charge is 0.407 e. The van der Waals surface area contributed by atoms with Gasteiger partial charge >= 0.3 is 6.09 Å². The fourth-order valence-electron chi connectivity index (χ4n) is 2.93. The third-order valence-corrected chi connectivity index (χ3v) is 4.23. The van der Waals surface area contributed by atoms with Gasteiger partial charge in [-0.05, 0) is 30.6 Å². The van der Waals surface area contributed by atoms with Gasteiger partial charge in [0.05, 0.1) is 12.9 Å². The van der Waals surface area contributed by atoms with Crippen molar-refractivity contribution in [3.05, 3.63) is 0 Å². The zero-order valence-corrected chi connectivity index (χ0v) is 10.6. The highest BCUT2D eigenvalue weighted by molar-refractivity contribution is 7.85. The molecule has 1 N–H and O–H groups in total. The highest BCUT2D eigenvalue weighted by Crippen LogP contribution is 2.51. The molecular weight excluding hydrogens is 246 g/mol. The SMILES string of the molecule is CS(=O)(=O)OCC1CC2(CCN(C(=O)O)C2)C1. The summed E-state index contributed by atoms with van der Waals surface area (Å²) in [6.07, 6.45) is 2.80. The van der Waals surface area contributed by atoms with E-state index in [1.54, 1.807) is 0 Å². The summed E-state index contributed by atoms with van der Waals surface area (Å²) in [6, 6.07) is 0. The Bertz CT molecular complexity index is 412.